The first-order valence-corrected chi connectivity index (χ1v) is 10.9. The predicted molar refractivity (Wildman–Crippen MR) is 115 cm³/mol. The molecule has 1 saturated heterocycles. The summed E-state index contributed by atoms with van der Waals surface area (Å²) in [6.45, 7) is 3.21. The van der Waals surface area contributed by atoms with Gasteiger partial charge >= 0.3 is 0 Å². The van der Waals surface area contributed by atoms with Crippen LogP contribution < -0.4 is 0 Å². The van der Waals surface area contributed by atoms with Crippen LogP contribution in [0.15, 0.2) is 54.8 Å². The van der Waals surface area contributed by atoms with E-state index in [1.54, 1.807) is 7.11 Å². The molecular formula is C25H33NO2. The van der Waals surface area contributed by atoms with E-state index in [0.29, 0.717) is 24.7 Å². The average Bonchev–Trinajstić information content (AvgIpc) is 3.16. The maximum Gasteiger partial charge on any atom is 0.0784 e. The molecule has 4 rings (SSSR count). The van der Waals surface area contributed by atoms with Crippen LogP contribution in [0.4, 0.5) is 0 Å². The minimum Gasteiger partial charge on any atom is -0.505 e. The zero-order valence-corrected chi connectivity index (χ0v) is 17.1. The van der Waals surface area contributed by atoms with E-state index in [9.17, 15) is 0 Å². The van der Waals surface area contributed by atoms with Crippen molar-refractivity contribution >= 4 is 10.8 Å². The van der Waals surface area contributed by atoms with Crippen LogP contribution in [0.1, 0.15) is 44.1 Å². The molecule has 0 amide bonds. The van der Waals surface area contributed by atoms with Gasteiger partial charge in [0, 0.05) is 12.0 Å². The number of piperidine rings is 1. The van der Waals surface area contributed by atoms with E-state index < -0.39 is 0 Å². The van der Waals surface area contributed by atoms with Gasteiger partial charge in [0.05, 0.1) is 26.1 Å². The van der Waals surface area contributed by atoms with Crippen molar-refractivity contribution in [2.24, 2.45) is 5.92 Å². The van der Waals surface area contributed by atoms with Crippen LogP contribution in [-0.4, -0.2) is 37.2 Å². The van der Waals surface area contributed by atoms with Gasteiger partial charge in [0.2, 0.25) is 0 Å². The summed E-state index contributed by atoms with van der Waals surface area (Å²) in [7, 11) is 1.72. The number of hydrogen-bond acceptors (Lipinski definition) is 3. The van der Waals surface area contributed by atoms with Crippen molar-refractivity contribution in [1.82, 2.24) is 4.90 Å². The first-order chi connectivity index (χ1) is 13.8. The van der Waals surface area contributed by atoms with E-state index in [4.69, 9.17) is 9.47 Å². The molecule has 150 valence electrons. The number of likely N-dealkylation sites (tertiary alicyclic amines) is 1. The van der Waals surface area contributed by atoms with Crippen molar-refractivity contribution in [3.05, 3.63) is 60.4 Å². The Labute approximate surface area is 169 Å². The average molecular weight is 380 g/mol. The molecule has 28 heavy (non-hydrogen) atoms. The summed E-state index contributed by atoms with van der Waals surface area (Å²) < 4.78 is 11.7. The molecular weight excluding hydrogens is 346 g/mol. The van der Waals surface area contributed by atoms with Crippen LogP contribution in [0.2, 0.25) is 0 Å². The largest absolute Gasteiger partial charge is 0.505 e. The van der Waals surface area contributed by atoms with Crippen LogP contribution >= 0.6 is 0 Å². The molecule has 0 aromatic heterocycles. The number of benzene rings is 2. The highest BCUT2D eigenvalue weighted by Gasteiger charge is 2.39. The summed E-state index contributed by atoms with van der Waals surface area (Å²) in [5, 5.41) is 2.58. The van der Waals surface area contributed by atoms with Gasteiger partial charge in [-0.2, -0.15) is 0 Å². The van der Waals surface area contributed by atoms with Crippen molar-refractivity contribution in [2.45, 2.75) is 57.3 Å². The third-order valence-corrected chi connectivity index (χ3v) is 6.50. The lowest BCUT2D eigenvalue weighted by molar-refractivity contribution is -0.000224. The molecule has 0 radical (unpaired) electrons. The van der Waals surface area contributed by atoms with Gasteiger partial charge in [-0.25, -0.2) is 0 Å². The molecule has 2 fully saturated rings. The number of ether oxygens (including phenoxy) is 2. The highest BCUT2D eigenvalue weighted by Crippen LogP contribution is 2.37. The SMILES string of the molecule is COC=CC[C@H]1[C@@H](OCc2ccc3ccccc3c2)CC[C@@H]1N1CCCCC1. The van der Waals surface area contributed by atoms with Gasteiger partial charge in [0.1, 0.15) is 0 Å². The third-order valence-electron chi connectivity index (χ3n) is 6.50. The topological polar surface area (TPSA) is 21.7 Å². The quantitative estimate of drug-likeness (QED) is 0.590. The van der Waals surface area contributed by atoms with Crippen LogP contribution in [0.5, 0.6) is 0 Å². The Morgan fingerprint density at radius 2 is 1.82 bits per heavy atom. The second-order valence-electron chi connectivity index (χ2n) is 8.28. The molecule has 1 heterocycles. The summed E-state index contributed by atoms with van der Waals surface area (Å²) in [5.74, 6) is 0.560. The fourth-order valence-corrected chi connectivity index (χ4v) is 5.07. The minimum atomic E-state index is 0.333. The summed E-state index contributed by atoms with van der Waals surface area (Å²) in [5.41, 5.74) is 1.27. The number of hydrogen-bond donors (Lipinski definition) is 0. The van der Waals surface area contributed by atoms with Gasteiger partial charge in [0.25, 0.3) is 0 Å². The molecule has 3 heteroatoms. The smallest absolute Gasteiger partial charge is 0.0784 e. The lowest BCUT2D eigenvalue weighted by Crippen LogP contribution is -2.43. The standard InChI is InChI=1S/C25H33NO2/c1-27-17-7-10-23-24(26-15-5-2-6-16-26)13-14-25(23)28-19-20-11-12-21-8-3-4-9-22(21)18-20/h3-4,7-9,11-12,17-18,23-25H,2,5-6,10,13-16,19H2,1H3/t23-,24+,25+/m1/s1. The number of allylic oxidation sites excluding steroid dienone is 1. The Morgan fingerprint density at radius 1 is 1.00 bits per heavy atom. The lowest BCUT2D eigenvalue weighted by atomic mass is 9.94. The summed E-state index contributed by atoms with van der Waals surface area (Å²) in [4.78, 5) is 2.73. The van der Waals surface area contributed by atoms with E-state index in [1.807, 2.05) is 6.26 Å². The highest BCUT2D eigenvalue weighted by molar-refractivity contribution is 5.82. The van der Waals surface area contributed by atoms with Gasteiger partial charge in [-0.15, -0.1) is 0 Å². The molecule has 2 aliphatic rings. The Bertz CT molecular complexity index is 781. The molecule has 0 spiro atoms. The zero-order chi connectivity index (χ0) is 19.2. The number of nitrogens with zero attached hydrogens (tertiary/aromatic N) is 1. The first kappa shape index (κ1) is 19.5. The van der Waals surface area contributed by atoms with E-state index in [1.165, 1.54) is 61.5 Å². The second kappa shape index (κ2) is 9.58. The Kier molecular flexibility index (Phi) is 6.66. The van der Waals surface area contributed by atoms with Gasteiger partial charge in [-0.1, -0.05) is 42.8 Å². The van der Waals surface area contributed by atoms with Crippen LogP contribution in [0, 0.1) is 5.92 Å². The summed E-state index contributed by atoms with van der Waals surface area (Å²) in [6.07, 6.45) is 11.9. The molecule has 2 aromatic rings. The van der Waals surface area contributed by atoms with Gasteiger partial charge < -0.3 is 14.4 Å². The maximum absolute atomic E-state index is 6.50. The first-order valence-electron chi connectivity index (χ1n) is 10.9. The van der Waals surface area contributed by atoms with Gasteiger partial charge in [-0.05, 0) is 73.7 Å². The van der Waals surface area contributed by atoms with E-state index in [-0.39, 0.29) is 0 Å². The lowest BCUT2D eigenvalue weighted by Gasteiger charge is -2.36. The predicted octanol–water partition coefficient (Wildman–Crippen LogP) is 5.54. The monoisotopic (exact) mass is 379 g/mol. The van der Waals surface area contributed by atoms with Crippen LogP contribution in [0.25, 0.3) is 10.8 Å². The van der Waals surface area contributed by atoms with Gasteiger partial charge in [0.15, 0.2) is 0 Å². The molecule has 1 aliphatic carbocycles. The van der Waals surface area contributed by atoms with Crippen molar-refractivity contribution in [2.75, 3.05) is 20.2 Å². The molecule has 1 aliphatic heterocycles. The molecule has 0 N–H and O–H groups in total. The Balaban J connectivity index is 1.42. The van der Waals surface area contributed by atoms with Crippen LogP contribution in [-0.2, 0) is 16.1 Å². The number of rotatable bonds is 7. The minimum absolute atomic E-state index is 0.333. The molecule has 1 saturated carbocycles. The summed E-state index contributed by atoms with van der Waals surface area (Å²) >= 11 is 0. The van der Waals surface area contributed by atoms with E-state index in [2.05, 4.69) is 53.4 Å². The van der Waals surface area contributed by atoms with Crippen molar-refractivity contribution < 1.29 is 9.47 Å². The van der Waals surface area contributed by atoms with Crippen molar-refractivity contribution in [3.63, 3.8) is 0 Å². The molecule has 3 atom stereocenters. The second-order valence-corrected chi connectivity index (χ2v) is 8.28. The fraction of sp³-hybridized carbons (Fsp3) is 0.520. The third kappa shape index (κ3) is 4.59. The maximum atomic E-state index is 6.50. The van der Waals surface area contributed by atoms with E-state index >= 15 is 0 Å². The van der Waals surface area contributed by atoms with Crippen molar-refractivity contribution in [1.29, 1.82) is 0 Å². The van der Waals surface area contributed by atoms with Crippen molar-refractivity contribution in [3.8, 4) is 0 Å². The zero-order valence-electron chi connectivity index (χ0n) is 17.1. The highest BCUT2D eigenvalue weighted by atomic mass is 16.5. The molecule has 0 unspecified atom stereocenters. The number of methoxy groups -OCH3 is 1. The number of fused-ring (bicyclic) bond motifs is 1. The Morgan fingerprint density at radius 3 is 2.64 bits per heavy atom. The molecule has 3 nitrogen and oxygen atoms in total. The normalized spacial score (nSPS) is 26.2. The molecule has 2 aromatic carbocycles. The van der Waals surface area contributed by atoms with Gasteiger partial charge in [-0.3, -0.25) is 0 Å². The molecule has 0 bridgehead atoms. The summed E-state index contributed by atoms with van der Waals surface area (Å²) in [6, 6.07) is 15.9. The fourth-order valence-electron chi connectivity index (χ4n) is 5.07. The van der Waals surface area contributed by atoms with Crippen LogP contribution in [0.3, 0.4) is 0 Å². The van der Waals surface area contributed by atoms with E-state index in [0.717, 1.165) is 6.42 Å². The Hall–Kier alpha value is -1.84.